The van der Waals surface area contributed by atoms with Crippen LogP contribution >= 0.6 is 12.4 Å². The largest absolute Gasteiger partial charge is 0.327 e. The van der Waals surface area contributed by atoms with Crippen molar-refractivity contribution in [2.75, 3.05) is 13.1 Å². The van der Waals surface area contributed by atoms with E-state index in [4.69, 9.17) is 5.73 Å². The highest BCUT2D eigenvalue weighted by Crippen LogP contribution is 2.37. The Morgan fingerprint density at radius 2 is 1.84 bits per heavy atom. The number of nitrogens with zero attached hydrogens (tertiary/aromatic N) is 1. The van der Waals surface area contributed by atoms with Gasteiger partial charge >= 0.3 is 0 Å². The Bertz CT molecular complexity index is 435. The number of halogens is 3. The summed E-state index contributed by atoms with van der Waals surface area (Å²) in [5.74, 6) is 0.238. The average molecular weight is 289 g/mol. The van der Waals surface area contributed by atoms with E-state index < -0.39 is 11.6 Å². The van der Waals surface area contributed by atoms with Gasteiger partial charge in [0.2, 0.25) is 0 Å². The van der Waals surface area contributed by atoms with E-state index in [9.17, 15) is 8.78 Å². The maximum absolute atomic E-state index is 13.6. The molecule has 19 heavy (non-hydrogen) atoms. The smallest absolute Gasteiger partial charge is 0.130 e. The van der Waals surface area contributed by atoms with Gasteiger partial charge in [-0.15, -0.1) is 12.4 Å². The van der Waals surface area contributed by atoms with Crippen LogP contribution < -0.4 is 5.73 Å². The van der Waals surface area contributed by atoms with Crippen LogP contribution in [0.3, 0.4) is 0 Å². The number of benzene rings is 1. The summed E-state index contributed by atoms with van der Waals surface area (Å²) in [6, 6.07) is 4.32. The van der Waals surface area contributed by atoms with Crippen LogP contribution in [0.15, 0.2) is 18.2 Å². The fourth-order valence-electron chi connectivity index (χ4n) is 3.44. The van der Waals surface area contributed by atoms with Crippen LogP contribution in [0.4, 0.5) is 8.78 Å². The maximum Gasteiger partial charge on any atom is 0.130 e. The van der Waals surface area contributed by atoms with Crippen molar-refractivity contribution in [3.8, 4) is 0 Å². The van der Waals surface area contributed by atoms with Gasteiger partial charge in [-0.25, -0.2) is 8.78 Å². The maximum atomic E-state index is 13.6. The van der Waals surface area contributed by atoms with Crippen LogP contribution in [0.1, 0.15) is 18.4 Å². The molecule has 2 fully saturated rings. The lowest BCUT2D eigenvalue weighted by atomic mass is 9.98. The lowest BCUT2D eigenvalue weighted by Crippen LogP contribution is -2.30. The van der Waals surface area contributed by atoms with Crippen molar-refractivity contribution in [2.24, 2.45) is 17.6 Å². The zero-order valence-electron chi connectivity index (χ0n) is 10.7. The van der Waals surface area contributed by atoms with Crippen molar-refractivity contribution < 1.29 is 8.78 Å². The third kappa shape index (κ3) is 2.76. The number of nitrogens with two attached hydrogens (primary N) is 1. The average Bonchev–Trinajstić information content (AvgIpc) is 2.87. The van der Waals surface area contributed by atoms with E-state index in [-0.39, 0.29) is 24.0 Å². The fourth-order valence-corrected chi connectivity index (χ4v) is 3.44. The zero-order valence-corrected chi connectivity index (χ0v) is 11.5. The first-order chi connectivity index (χ1) is 8.65. The van der Waals surface area contributed by atoms with Crippen LogP contribution in [-0.4, -0.2) is 24.0 Å². The minimum absolute atomic E-state index is 0. The first kappa shape index (κ1) is 14.7. The second kappa shape index (κ2) is 5.73. The Balaban J connectivity index is 0.00000133. The van der Waals surface area contributed by atoms with E-state index in [1.54, 1.807) is 0 Å². The van der Waals surface area contributed by atoms with Crippen LogP contribution in [0.25, 0.3) is 0 Å². The van der Waals surface area contributed by atoms with Gasteiger partial charge in [-0.2, -0.15) is 0 Å². The van der Waals surface area contributed by atoms with Crippen molar-refractivity contribution in [1.82, 2.24) is 4.90 Å². The van der Waals surface area contributed by atoms with Crippen molar-refractivity contribution in [3.05, 3.63) is 35.4 Å². The summed E-state index contributed by atoms with van der Waals surface area (Å²) in [5, 5.41) is 0. The molecule has 0 spiro atoms. The predicted molar refractivity (Wildman–Crippen MR) is 73.1 cm³/mol. The molecule has 5 heteroatoms. The van der Waals surface area contributed by atoms with Gasteiger partial charge in [-0.3, -0.25) is 4.90 Å². The molecule has 2 aliphatic rings. The SMILES string of the molecule is Cl.NC1CCC2CN(Cc3c(F)cccc3F)CC12. The molecule has 0 amide bonds. The molecule has 3 atom stereocenters. The standard InChI is InChI=1S/C14H18F2N2.ClH/c15-12-2-1-3-13(16)11(12)8-18-6-9-4-5-14(17)10(9)7-18;/h1-3,9-10,14H,4-8,17H2;1H. The first-order valence-electron chi connectivity index (χ1n) is 6.56. The molecule has 1 heterocycles. The highest BCUT2D eigenvalue weighted by molar-refractivity contribution is 5.85. The number of hydrogen-bond donors (Lipinski definition) is 1. The third-order valence-electron chi connectivity index (χ3n) is 4.43. The quantitative estimate of drug-likeness (QED) is 0.906. The molecule has 2 nitrogen and oxygen atoms in total. The molecule has 1 saturated carbocycles. The van der Waals surface area contributed by atoms with Gasteiger partial charge in [0.15, 0.2) is 0 Å². The molecule has 0 aromatic heterocycles. The van der Waals surface area contributed by atoms with E-state index >= 15 is 0 Å². The monoisotopic (exact) mass is 288 g/mol. The molecule has 1 aliphatic carbocycles. The van der Waals surface area contributed by atoms with Crippen LogP contribution in [0, 0.1) is 23.5 Å². The van der Waals surface area contributed by atoms with Crippen LogP contribution in [-0.2, 0) is 6.54 Å². The third-order valence-corrected chi connectivity index (χ3v) is 4.43. The van der Waals surface area contributed by atoms with Gasteiger partial charge in [-0.05, 0) is 36.8 Å². The molecule has 1 saturated heterocycles. The molecular formula is C14H19ClF2N2. The molecule has 1 aromatic carbocycles. The predicted octanol–water partition coefficient (Wildman–Crippen LogP) is 2.56. The van der Waals surface area contributed by atoms with E-state index in [0.29, 0.717) is 18.4 Å². The molecule has 0 radical (unpaired) electrons. The second-order valence-electron chi connectivity index (χ2n) is 5.56. The molecule has 106 valence electrons. The highest BCUT2D eigenvalue weighted by atomic mass is 35.5. The lowest BCUT2D eigenvalue weighted by Gasteiger charge is -2.19. The molecule has 1 aromatic rings. The lowest BCUT2D eigenvalue weighted by molar-refractivity contribution is 0.288. The van der Waals surface area contributed by atoms with Gasteiger partial charge in [-0.1, -0.05) is 6.07 Å². The number of rotatable bonds is 2. The van der Waals surface area contributed by atoms with Gasteiger partial charge in [0.05, 0.1) is 0 Å². The molecular weight excluding hydrogens is 270 g/mol. The topological polar surface area (TPSA) is 29.3 Å². The number of fused-ring (bicyclic) bond motifs is 1. The van der Waals surface area contributed by atoms with Gasteiger partial charge in [0.25, 0.3) is 0 Å². The van der Waals surface area contributed by atoms with Crippen molar-refractivity contribution in [1.29, 1.82) is 0 Å². The van der Waals surface area contributed by atoms with Crippen LogP contribution in [0.5, 0.6) is 0 Å². The van der Waals surface area contributed by atoms with Crippen molar-refractivity contribution in [2.45, 2.75) is 25.4 Å². The normalized spacial score (nSPS) is 30.2. The molecule has 3 unspecified atom stereocenters. The second-order valence-corrected chi connectivity index (χ2v) is 5.56. The van der Waals surface area contributed by atoms with E-state index in [1.807, 2.05) is 0 Å². The van der Waals surface area contributed by atoms with Crippen LogP contribution in [0.2, 0.25) is 0 Å². The van der Waals surface area contributed by atoms with E-state index in [2.05, 4.69) is 4.90 Å². The summed E-state index contributed by atoms with van der Waals surface area (Å²) in [4.78, 5) is 2.13. The van der Waals surface area contributed by atoms with Gasteiger partial charge in [0, 0.05) is 31.2 Å². The Labute approximate surface area is 118 Å². The summed E-state index contributed by atoms with van der Waals surface area (Å²) < 4.78 is 27.2. The minimum Gasteiger partial charge on any atom is -0.327 e. The highest BCUT2D eigenvalue weighted by Gasteiger charge is 2.40. The van der Waals surface area contributed by atoms with Gasteiger partial charge in [0.1, 0.15) is 11.6 Å². The summed E-state index contributed by atoms with van der Waals surface area (Å²) in [6.45, 7) is 2.16. The van der Waals surface area contributed by atoms with Crippen molar-refractivity contribution in [3.63, 3.8) is 0 Å². The van der Waals surface area contributed by atoms with Crippen molar-refractivity contribution >= 4 is 12.4 Å². The summed E-state index contributed by atoms with van der Waals surface area (Å²) in [6.07, 6.45) is 2.25. The number of hydrogen-bond acceptors (Lipinski definition) is 2. The molecule has 1 aliphatic heterocycles. The number of likely N-dealkylation sites (tertiary alicyclic amines) is 1. The Hall–Kier alpha value is -0.710. The fraction of sp³-hybridized carbons (Fsp3) is 0.571. The molecule has 0 bridgehead atoms. The van der Waals surface area contributed by atoms with E-state index in [0.717, 1.165) is 25.9 Å². The zero-order chi connectivity index (χ0) is 12.7. The minimum atomic E-state index is -0.448. The molecule has 2 N–H and O–H groups in total. The summed E-state index contributed by atoms with van der Waals surface area (Å²) in [7, 11) is 0. The Morgan fingerprint density at radius 1 is 1.16 bits per heavy atom. The summed E-state index contributed by atoms with van der Waals surface area (Å²) in [5.41, 5.74) is 6.25. The summed E-state index contributed by atoms with van der Waals surface area (Å²) >= 11 is 0. The van der Waals surface area contributed by atoms with Gasteiger partial charge < -0.3 is 5.73 Å². The first-order valence-corrected chi connectivity index (χ1v) is 6.56. The molecule has 3 rings (SSSR count). The Kier molecular flexibility index (Phi) is 4.43. The Morgan fingerprint density at radius 3 is 2.47 bits per heavy atom. The van der Waals surface area contributed by atoms with E-state index in [1.165, 1.54) is 18.2 Å².